The fourth-order valence-corrected chi connectivity index (χ4v) is 3.24. The van der Waals surface area contributed by atoms with E-state index in [0.717, 1.165) is 0 Å². The normalized spacial score (nSPS) is 11.3. The molecule has 2 aromatic carbocycles. The van der Waals surface area contributed by atoms with Gasteiger partial charge in [0.1, 0.15) is 4.90 Å². The summed E-state index contributed by atoms with van der Waals surface area (Å²) in [4.78, 5) is 0.00408. The van der Waals surface area contributed by atoms with E-state index in [1.54, 1.807) is 36.4 Å². The van der Waals surface area contributed by atoms with E-state index in [4.69, 9.17) is 11.6 Å². The van der Waals surface area contributed by atoms with E-state index < -0.39 is 10.0 Å². The monoisotopic (exact) mass is 297 g/mol. The number of sulfonamides is 1. The summed E-state index contributed by atoms with van der Waals surface area (Å²) < 4.78 is 26.8. The Labute approximate surface area is 116 Å². The van der Waals surface area contributed by atoms with Gasteiger partial charge in [0.05, 0.1) is 17.3 Å². The summed E-state index contributed by atoms with van der Waals surface area (Å²) in [6, 6.07) is 12.8. The first-order chi connectivity index (χ1) is 9.04. The molecule has 0 aliphatic rings. The van der Waals surface area contributed by atoms with E-state index in [-0.39, 0.29) is 16.5 Å². The van der Waals surface area contributed by atoms with Gasteiger partial charge in [0.15, 0.2) is 0 Å². The van der Waals surface area contributed by atoms with E-state index in [1.165, 1.54) is 12.1 Å². The molecule has 2 rings (SSSR count). The van der Waals surface area contributed by atoms with Gasteiger partial charge in [-0.3, -0.25) is 4.72 Å². The number of para-hydroxylation sites is 1. The van der Waals surface area contributed by atoms with Crippen LogP contribution in [-0.4, -0.2) is 13.5 Å². The van der Waals surface area contributed by atoms with Crippen molar-refractivity contribution in [2.45, 2.75) is 11.5 Å². The third kappa shape index (κ3) is 3.07. The second-order valence-electron chi connectivity index (χ2n) is 3.85. The highest BCUT2D eigenvalue weighted by Gasteiger charge is 2.18. The topological polar surface area (TPSA) is 66.4 Å². The molecular formula is C13H12ClNO3S. The highest BCUT2D eigenvalue weighted by Crippen LogP contribution is 2.24. The number of rotatable bonds is 4. The molecular weight excluding hydrogens is 286 g/mol. The van der Waals surface area contributed by atoms with Crippen molar-refractivity contribution in [2.24, 2.45) is 0 Å². The first kappa shape index (κ1) is 13.9. The molecule has 0 atom stereocenters. The largest absolute Gasteiger partial charge is 0.392 e. The van der Waals surface area contributed by atoms with Crippen LogP contribution in [0.1, 0.15) is 5.56 Å². The summed E-state index contributed by atoms with van der Waals surface area (Å²) in [6.45, 7) is -0.249. The Morgan fingerprint density at radius 1 is 1.05 bits per heavy atom. The molecule has 0 fully saturated rings. The lowest BCUT2D eigenvalue weighted by Gasteiger charge is -2.12. The number of hydrogen-bond acceptors (Lipinski definition) is 3. The van der Waals surface area contributed by atoms with E-state index in [2.05, 4.69) is 4.72 Å². The van der Waals surface area contributed by atoms with Crippen molar-refractivity contribution < 1.29 is 13.5 Å². The molecule has 0 saturated carbocycles. The second kappa shape index (κ2) is 5.61. The smallest absolute Gasteiger partial charge is 0.263 e. The summed E-state index contributed by atoms with van der Waals surface area (Å²) in [5.41, 5.74) is 0.836. The van der Waals surface area contributed by atoms with Crippen LogP contribution in [0.15, 0.2) is 53.4 Å². The number of aliphatic hydroxyl groups is 1. The molecule has 0 bridgehead atoms. The molecule has 2 N–H and O–H groups in total. The lowest BCUT2D eigenvalue weighted by Crippen LogP contribution is -2.14. The molecule has 0 aromatic heterocycles. The molecule has 0 aliphatic heterocycles. The molecule has 0 spiro atoms. The highest BCUT2D eigenvalue weighted by atomic mass is 35.5. The van der Waals surface area contributed by atoms with Gasteiger partial charge >= 0.3 is 0 Å². The molecule has 0 heterocycles. The summed E-state index contributed by atoms with van der Waals surface area (Å²) in [5.74, 6) is 0. The maximum atomic E-state index is 12.2. The van der Waals surface area contributed by atoms with Crippen molar-refractivity contribution >= 4 is 27.3 Å². The van der Waals surface area contributed by atoms with Crippen LogP contribution in [0.4, 0.5) is 5.69 Å². The van der Waals surface area contributed by atoms with Gasteiger partial charge in [0.2, 0.25) is 0 Å². The fourth-order valence-electron chi connectivity index (χ4n) is 1.62. The first-order valence-electron chi connectivity index (χ1n) is 5.51. The van der Waals surface area contributed by atoms with Crippen LogP contribution in [0.2, 0.25) is 5.02 Å². The molecule has 0 amide bonds. The van der Waals surface area contributed by atoms with Gasteiger partial charge in [0, 0.05) is 5.56 Å². The lowest BCUT2D eigenvalue weighted by atomic mass is 10.2. The number of benzene rings is 2. The van der Waals surface area contributed by atoms with Crippen LogP contribution in [0.3, 0.4) is 0 Å². The Hall–Kier alpha value is -1.56. The Kier molecular flexibility index (Phi) is 4.09. The van der Waals surface area contributed by atoms with Crippen molar-refractivity contribution in [3.8, 4) is 0 Å². The van der Waals surface area contributed by atoms with E-state index in [1.807, 2.05) is 0 Å². The van der Waals surface area contributed by atoms with Gasteiger partial charge in [-0.2, -0.15) is 0 Å². The third-order valence-electron chi connectivity index (χ3n) is 2.56. The van der Waals surface area contributed by atoms with Gasteiger partial charge in [-0.05, 0) is 18.2 Å². The molecule has 0 aliphatic carbocycles. The quantitative estimate of drug-likeness (QED) is 0.911. The van der Waals surface area contributed by atoms with Crippen LogP contribution in [0.25, 0.3) is 0 Å². The Balaban J connectivity index is 2.40. The maximum absolute atomic E-state index is 12.2. The molecule has 6 heteroatoms. The summed E-state index contributed by atoms with van der Waals surface area (Å²) in [5, 5.41) is 9.33. The van der Waals surface area contributed by atoms with Crippen LogP contribution in [0, 0.1) is 0 Å². The first-order valence-corrected chi connectivity index (χ1v) is 7.37. The number of nitrogens with one attached hydrogen (secondary N) is 1. The van der Waals surface area contributed by atoms with Gasteiger partial charge in [-0.15, -0.1) is 0 Å². The molecule has 2 aromatic rings. The Morgan fingerprint density at radius 3 is 2.37 bits per heavy atom. The molecule has 0 unspecified atom stereocenters. The van der Waals surface area contributed by atoms with Crippen molar-refractivity contribution in [1.82, 2.24) is 0 Å². The minimum atomic E-state index is -3.77. The average molecular weight is 298 g/mol. The predicted octanol–water partition coefficient (Wildman–Crippen LogP) is 2.63. The predicted molar refractivity (Wildman–Crippen MR) is 74.6 cm³/mol. The minimum Gasteiger partial charge on any atom is -0.392 e. The van der Waals surface area contributed by atoms with Crippen LogP contribution < -0.4 is 4.72 Å². The zero-order valence-corrected chi connectivity index (χ0v) is 11.4. The van der Waals surface area contributed by atoms with E-state index >= 15 is 0 Å². The number of halogens is 1. The van der Waals surface area contributed by atoms with Crippen molar-refractivity contribution in [3.63, 3.8) is 0 Å². The molecule has 100 valence electrons. The van der Waals surface area contributed by atoms with E-state index in [0.29, 0.717) is 11.3 Å². The van der Waals surface area contributed by atoms with Crippen LogP contribution in [0.5, 0.6) is 0 Å². The lowest BCUT2D eigenvalue weighted by molar-refractivity contribution is 0.282. The number of hydrogen-bond donors (Lipinski definition) is 2. The average Bonchev–Trinajstić information content (AvgIpc) is 2.39. The highest BCUT2D eigenvalue weighted by molar-refractivity contribution is 7.92. The Morgan fingerprint density at radius 2 is 1.68 bits per heavy atom. The van der Waals surface area contributed by atoms with Crippen molar-refractivity contribution in [3.05, 3.63) is 59.1 Å². The fraction of sp³-hybridized carbons (Fsp3) is 0.0769. The zero-order chi connectivity index (χ0) is 13.9. The SMILES string of the molecule is O=S(=O)(Nc1ccccc1CO)c1ccccc1Cl. The zero-order valence-electron chi connectivity index (χ0n) is 9.88. The maximum Gasteiger partial charge on any atom is 0.263 e. The molecule has 4 nitrogen and oxygen atoms in total. The van der Waals surface area contributed by atoms with Crippen LogP contribution >= 0.6 is 11.6 Å². The number of anilines is 1. The summed E-state index contributed by atoms with van der Waals surface area (Å²) in [7, 11) is -3.77. The van der Waals surface area contributed by atoms with Gasteiger partial charge in [0.25, 0.3) is 10.0 Å². The van der Waals surface area contributed by atoms with Crippen LogP contribution in [-0.2, 0) is 16.6 Å². The number of aliphatic hydroxyl groups excluding tert-OH is 1. The van der Waals surface area contributed by atoms with Gasteiger partial charge < -0.3 is 5.11 Å². The van der Waals surface area contributed by atoms with Gasteiger partial charge in [-0.1, -0.05) is 41.9 Å². The Bertz CT molecular complexity index is 686. The van der Waals surface area contributed by atoms with Crippen molar-refractivity contribution in [1.29, 1.82) is 0 Å². The standard InChI is InChI=1S/C13H12ClNO3S/c14-11-6-2-4-8-13(11)19(17,18)15-12-7-3-1-5-10(12)9-16/h1-8,15-16H,9H2. The summed E-state index contributed by atoms with van der Waals surface area (Å²) in [6.07, 6.45) is 0. The molecule has 19 heavy (non-hydrogen) atoms. The molecule has 0 radical (unpaired) electrons. The molecule has 0 saturated heterocycles. The van der Waals surface area contributed by atoms with E-state index in [9.17, 15) is 13.5 Å². The second-order valence-corrected chi connectivity index (χ2v) is 5.91. The van der Waals surface area contributed by atoms with Gasteiger partial charge in [-0.25, -0.2) is 8.42 Å². The summed E-state index contributed by atoms with van der Waals surface area (Å²) >= 11 is 5.88. The third-order valence-corrected chi connectivity index (χ3v) is 4.42. The minimum absolute atomic E-state index is 0.00408. The van der Waals surface area contributed by atoms with Crippen molar-refractivity contribution in [2.75, 3.05) is 4.72 Å².